The van der Waals surface area contributed by atoms with Crippen molar-refractivity contribution in [2.24, 2.45) is 0 Å². The first-order valence-corrected chi connectivity index (χ1v) is 8.96. The molecule has 1 heterocycles. The van der Waals surface area contributed by atoms with Crippen LogP contribution in [-0.2, 0) is 0 Å². The summed E-state index contributed by atoms with van der Waals surface area (Å²) >= 11 is 6.34. The Morgan fingerprint density at radius 3 is 2.50 bits per heavy atom. The summed E-state index contributed by atoms with van der Waals surface area (Å²) in [5.74, 6) is -1.48. The minimum Gasteiger partial charge on any atom is -0.478 e. The zero-order chi connectivity index (χ0) is 20.5. The summed E-state index contributed by atoms with van der Waals surface area (Å²) in [6, 6.07) is 11.2. The van der Waals surface area contributed by atoms with Gasteiger partial charge in [-0.25, -0.2) is 4.79 Å². The molecule has 0 spiro atoms. The van der Waals surface area contributed by atoms with Gasteiger partial charge in [0.15, 0.2) is 6.23 Å². The molecule has 2 N–H and O–H groups in total. The highest BCUT2D eigenvalue weighted by Gasteiger charge is 2.35. The monoisotopic (exact) mass is 427 g/mol. The van der Waals surface area contributed by atoms with E-state index in [1.165, 1.54) is 29.2 Å². The summed E-state index contributed by atoms with van der Waals surface area (Å²) in [5.41, 5.74) is 1.02. The predicted molar refractivity (Wildman–Crippen MR) is 103 cm³/mol. The number of hydrogen-bond donors (Lipinski definition) is 2. The Bertz CT molecular complexity index is 945. The standard InChI is InChI=1S/C18H12F3NO4S2/c19-18(20,21)26-13-3-1-2-12(9-13)22-15(23)14(28-17(22)27)8-10-4-6-11(7-5-10)16(24)25/h1-9,15,23H,(H,24,25)/b14-8-. The molecule has 0 aromatic heterocycles. The quantitative estimate of drug-likeness (QED) is 0.697. The van der Waals surface area contributed by atoms with E-state index < -0.39 is 24.3 Å². The van der Waals surface area contributed by atoms with E-state index in [0.29, 0.717) is 10.5 Å². The lowest BCUT2D eigenvalue weighted by atomic mass is 10.1. The summed E-state index contributed by atoms with van der Waals surface area (Å²) in [6.45, 7) is 0. The minimum absolute atomic E-state index is 0.125. The Hall–Kier alpha value is -2.56. The molecule has 1 aliphatic heterocycles. The Morgan fingerprint density at radius 2 is 1.89 bits per heavy atom. The van der Waals surface area contributed by atoms with Crippen molar-refractivity contribution in [1.29, 1.82) is 0 Å². The maximum atomic E-state index is 12.4. The number of benzene rings is 2. The van der Waals surface area contributed by atoms with Crippen molar-refractivity contribution in [2.75, 3.05) is 4.90 Å². The van der Waals surface area contributed by atoms with Gasteiger partial charge in [-0.15, -0.1) is 13.2 Å². The van der Waals surface area contributed by atoms with E-state index in [-0.39, 0.29) is 15.6 Å². The van der Waals surface area contributed by atoms with Crippen LogP contribution < -0.4 is 9.64 Å². The molecule has 0 amide bonds. The molecule has 1 unspecified atom stereocenters. The lowest BCUT2D eigenvalue weighted by molar-refractivity contribution is -0.274. The molecule has 1 fully saturated rings. The Kier molecular flexibility index (Phi) is 5.64. The summed E-state index contributed by atoms with van der Waals surface area (Å²) in [7, 11) is 0. The van der Waals surface area contributed by atoms with E-state index in [2.05, 4.69) is 4.74 Å². The number of thioether (sulfide) groups is 1. The van der Waals surface area contributed by atoms with Gasteiger partial charge in [0.1, 0.15) is 10.1 Å². The number of carboxylic acid groups (broad SMARTS) is 1. The molecule has 5 nitrogen and oxygen atoms in total. The van der Waals surface area contributed by atoms with Crippen LogP contribution in [-0.4, -0.2) is 33.1 Å². The van der Waals surface area contributed by atoms with Crippen molar-refractivity contribution in [2.45, 2.75) is 12.6 Å². The molecule has 2 aromatic rings. The summed E-state index contributed by atoms with van der Waals surface area (Å²) in [4.78, 5) is 12.7. The van der Waals surface area contributed by atoms with Crippen LogP contribution in [0.4, 0.5) is 18.9 Å². The first kappa shape index (κ1) is 20.2. The van der Waals surface area contributed by atoms with Crippen LogP contribution in [0.1, 0.15) is 15.9 Å². The first-order valence-electron chi connectivity index (χ1n) is 7.74. The molecular formula is C18H12F3NO4S2. The van der Waals surface area contributed by atoms with Crippen molar-refractivity contribution >= 4 is 46.0 Å². The zero-order valence-corrected chi connectivity index (χ0v) is 15.5. The number of anilines is 1. The van der Waals surface area contributed by atoms with Gasteiger partial charge >= 0.3 is 12.3 Å². The number of nitrogens with zero attached hydrogens (tertiary/aromatic N) is 1. The predicted octanol–water partition coefficient (Wildman–Crippen LogP) is 4.48. The largest absolute Gasteiger partial charge is 0.573 e. The minimum atomic E-state index is -4.83. The third-order valence-corrected chi connectivity index (χ3v) is 5.08. The van der Waals surface area contributed by atoms with E-state index in [0.717, 1.165) is 23.9 Å². The molecule has 146 valence electrons. The molecule has 1 atom stereocenters. The molecule has 3 rings (SSSR count). The number of aromatic carboxylic acids is 1. The normalized spacial score (nSPS) is 18.6. The molecule has 28 heavy (non-hydrogen) atoms. The highest BCUT2D eigenvalue weighted by atomic mass is 32.2. The van der Waals surface area contributed by atoms with Crippen LogP contribution in [0.25, 0.3) is 6.08 Å². The topological polar surface area (TPSA) is 70.0 Å². The summed E-state index contributed by atoms with van der Waals surface area (Å²) < 4.78 is 41.4. The summed E-state index contributed by atoms with van der Waals surface area (Å²) in [5, 5.41) is 19.5. The van der Waals surface area contributed by atoms with Crippen molar-refractivity contribution in [3.63, 3.8) is 0 Å². The van der Waals surface area contributed by atoms with Gasteiger partial charge in [-0.2, -0.15) is 0 Å². The number of hydrogen-bond acceptors (Lipinski definition) is 5. The molecule has 0 saturated carbocycles. The van der Waals surface area contributed by atoms with Gasteiger partial charge in [0, 0.05) is 16.7 Å². The van der Waals surface area contributed by atoms with E-state index in [4.69, 9.17) is 17.3 Å². The second kappa shape index (κ2) is 7.82. The van der Waals surface area contributed by atoms with Crippen LogP contribution in [0, 0.1) is 0 Å². The second-order valence-corrected chi connectivity index (χ2v) is 7.34. The molecule has 10 heteroatoms. The SMILES string of the molecule is O=C(O)c1ccc(/C=C2\SC(=S)N(c3cccc(OC(F)(F)F)c3)C2O)cc1. The fourth-order valence-corrected chi connectivity index (χ4v) is 3.90. The van der Waals surface area contributed by atoms with Gasteiger partial charge in [0.25, 0.3) is 0 Å². The highest BCUT2D eigenvalue weighted by Crippen LogP contribution is 2.40. The highest BCUT2D eigenvalue weighted by molar-refractivity contribution is 8.26. The molecule has 0 bridgehead atoms. The number of rotatable bonds is 4. The lowest BCUT2D eigenvalue weighted by Gasteiger charge is -2.22. The van der Waals surface area contributed by atoms with E-state index >= 15 is 0 Å². The Morgan fingerprint density at radius 1 is 1.21 bits per heavy atom. The van der Waals surface area contributed by atoms with Crippen molar-refractivity contribution < 1.29 is 32.9 Å². The van der Waals surface area contributed by atoms with Crippen molar-refractivity contribution in [3.05, 3.63) is 64.6 Å². The fraction of sp³-hybridized carbons (Fsp3) is 0.111. The number of ether oxygens (including phenoxy) is 1. The van der Waals surface area contributed by atoms with Crippen LogP contribution in [0.3, 0.4) is 0 Å². The van der Waals surface area contributed by atoms with Crippen LogP contribution in [0.2, 0.25) is 0 Å². The average molecular weight is 427 g/mol. The molecule has 2 aromatic carbocycles. The van der Waals surface area contributed by atoms with Gasteiger partial charge in [-0.05, 0) is 35.9 Å². The third kappa shape index (κ3) is 4.64. The van der Waals surface area contributed by atoms with Crippen LogP contribution >= 0.6 is 24.0 Å². The number of aliphatic hydroxyl groups is 1. The van der Waals surface area contributed by atoms with Gasteiger partial charge in [0.05, 0.1) is 5.56 Å². The molecule has 1 aliphatic rings. The van der Waals surface area contributed by atoms with Gasteiger partial charge in [-0.3, -0.25) is 4.90 Å². The zero-order valence-electron chi connectivity index (χ0n) is 13.9. The van der Waals surface area contributed by atoms with Gasteiger partial charge in [0.2, 0.25) is 0 Å². The number of halogens is 3. The summed E-state index contributed by atoms with van der Waals surface area (Å²) in [6.07, 6.45) is -4.40. The van der Waals surface area contributed by atoms with Gasteiger partial charge in [-0.1, -0.05) is 42.2 Å². The van der Waals surface area contributed by atoms with Crippen molar-refractivity contribution in [1.82, 2.24) is 0 Å². The smallest absolute Gasteiger partial charge is 0.478 e. The molecule has 0 aliphatic carbocycles. The molecule has 1 saturated heterocycles. The first-order chi connectivity index (χ1) is 13.1. The van der Waals surface area contributed by atoms with E-state index in [1.807, 2.05) is 0 Å². The molecule has 0 radical (unpaired) electrons. The number of thiocarbonyl (C=S) groups is 1. The Labute approximate surface area is 167 Å². The number of carboxylic acids is 1. The Balaban J connectivity index is 1.84. The van der Waals surface area contributed by atoms with E-state index in [9.17, 15) is 23.1 Å². The van der Waals surface area contributed by atoms with E-state index in [1.54, 1.807) is 18.2 Å². The fourth-order valence-electron chi connectivity index (χ4n) is 2.50. The third-order valence-electron chi connectivity index (χ3n) is 3.70. The second-order valence-electron chi connectivity index (χ2n) is 5.63. The van der Waals surface area contributed by atoms with Crippen LogP contribution in [0.15, 0.2) is 53.4 Å². The van der Waals surface area contributed by atoms with Gasteiger partial charge < -0.3 is 14.9 Å². The van der Waals surface area contributed by atoms with Crippen LogP contribution in [0.5, 0.6) is 5.75 Å². The maximum Gasteiger partial charge on any atom is 0.573 e. The van der Waals surface area contributed by atoms with Crippen molar-refractivity contribution in [3.8, 4) is 5.75 Å². The molecular weight excluding hydrogens is 415 g/mol. The average Bonchev–Trinajstić information content (AvgIpc) is 2.87. The number of aliphatic hydroxyl groups excluding tert-OH is 1. The number of alkyl halides is 3. The lowest BCUT2D eigenvalue weighted by Crippen LogP contribution is -2.32. The maximum absolute atomic E-state index is 12.4. The number of carbonyl (C=O) groups is 1.